The van der Waals surface area contributed by atoms with Crippen LogP contribution in [0, 0.1) is 0 Å². The number of phosphoric acid groups is 6. The summed E-state index contributed by atoms with van der Waals surface area (Å²) in [7, 11) is -18.1. The molecule has 0 aliphatic carbocycles. The van der Waals surface area contributed by atoms with Gasteiger partial charge in [0, 0.05) is 180 Å². The Morgan fingerprint density at radius 3 is 0.675 bits per heavy atom. The van der Waals surface area contributed by atoms with Gasteiger partial charge in [0.2, 0.25) is 0 Å². The highest BCUT2D eigenvalue weighted by molar-refractivity contribution is 7.48. The summed E-state index contributed by atoms with van der Waals surface area (Å²) in [4.78, 5) is 130. The predicted octanol–water partition coefficient (Wildman–Crippen LogP) is 10.5. The zero-order valence-corrected chi connectivity index (χ0v) is 66.5. The number of likely N-dealkylation sites (N-methyl/N-ethyl adjacent to an activating group) is 6. The molecule has 0 amide bonds. The maximum absolute atomic E-state index is 11.1. The molecule has 0 fully saturated rings. The van der Waals surface area contributed by atoms with Crippen LogP contribution >= 0.6 is 46.9 Å². The lowest BCUT2D eigenvalue weighted by atomic mass is 10.1. The van der Waals surface area contributed by atoms with E-state index in [1.54, 1.807) is 44.4 Å². The molecule has 42 heteroatoms. The van der Waals surface area contributed by atoms with Crippen LogP contribution in [0.15, 0.2) is 146 Å². The molecule has 0 bridgehead atoms. The topological polar surface area (TPSA) is 515 Å². The van der Waals surface area contributed by atoms with E-state index < -0.39 is 152 Å². The van der Waals surface area contributed by atoms with E-state index in [9.17, 15) is 27.4 Å². The van der Waals surface area contributed by atoms with Crippen molar-refractivity contribution in [3.8, 4) is 34.5 Å². The van der Waals surface area contributed by atoms with Gasteiger partial charge in [-0.05, 0) is 229 Å². The summed E-state index contributed by atoms with van der Waals surface area (Å²) in [5.41, 5.74) is 3.07. The number of nitrogens with zero attached hydrogens (tertiary/aromatic N) is 6. The maximum Gasteiger partial charge on any atom is 0.524 e. The summed E-state index contributed by atoms with van der Waals surface area (Å²) in [6.45, 7) is -20.1. The second-order valence-corrected chi connectivity index (χ2v) is 30.9. The fraction of sp³-hybridized carbons (Fsp3) is 0.333. The van der Waals surface area contributed by atoms with Crippen LogP contribution in [0.2, 0.25) is 0 Å². The molecular formula is C72H102N12O24P6. The highest BCUT2D eigenvalue weighted by Gasteiger charge is 2.26. The van der Waals surface area contributed by atoms with Crippen molar-refractivity contribution in [3.63, 3.8) is 0 Å². The van der Waals surface area contributed by atoms with Crippen LogP contribution in [0.3, 0.4) is 0 Å². The van der Waals surface area contributed by atoms with Gasteiger partial charge in [0.15, 0.2) is 0 Å². The lowest BCUT2D eigenvalue weighted by molar-refractivity contribution is 0.282. The van der Waals surface area contributed by atoms with Crippen molar-refractivity contribution in [2.24, 2.45) is 0 Å². The Morgan fingerprint density at radius 2 is 0.474 bits per heavy atom. The van der Waals surface area contributed by atoms with Crippen LogP contribution in [0.25, 0.3) is 65.4 Å². The van der Waals surface area contributed by atoms with E-state index in [2.05, 4.69) is 57.0 Å². The van der Waals surface area contributed by atoms with Crippen LogP contribution in [-0.4, -0.2) is 241 Å². The summed E-state index contributed by atoms with van der Waals surface area (Å²) in [5, 5.41) is 1.04. The maximum atomic E-state index is 11.1. The van der Waals surface area contributed by atoms with Gasteiger partial charge in [0.05, 0.1) is 0 Å². The molecule has 0 saturated carbocycles. The molecule has 114 heavy (non-hydrogen) atoms. The molecule has 36 nitrogen and oxygen atoms in total. The standard InChI is InChI=1S/6C12H17N2O4P/c6*1-14(2)7-6-9-8-13-10-4-3-5-11(12(9)10)18-19(15,16)17/h6*3-5,8,13H,6-7H2,1-2H3,(H2,15,16,17)/i2*1D3,6D2,7D;2*1D3,6D,7D;6D2,7D;6D,7D2. The first-order valence-corrected chi connectivity index (χ1v) is 41.3. The van der Waals surface area contributed by atoms with E-state index in [0.717, 1.165) is 23.9 Å². The first kappa shape index (κ1) is 59.6. The van der Waals surface area contributed by atoms with Gasteiger partial charge in [-0.25, -0.2) is 27.4 Å². The van der Waals surface area contributed by atoms with E-state index in [1.807, 2.05) is 0 Å². The van der Waals surface area contributed by atoms with Crippen LogP contribution < -0.4 is 27.1 Å². The van der Waals surface area contributed by atoms with Crippen molar-refractivity contribution in [2.45, 2.75) is 38.3 Å². The molecule has 8 unspecified atom stereocenters. The second-order valence-electron chi connectivity index (χ2n) is 23.9. The molecule has 6 heterocycles. The van der Waals surface area contributed by atoms with Gasteiger partial charge in [-0.15, -0.1) is 0 Å². The number of aryl methyl sites for hydroxylation is 6. The second kappa shape index (κ2) is 41.2. The fourth-order valence-corrected chi connectivity index (χ4v) is 12.5. The Hall–Kier alpha value is -7.98. The van der Waals surface area contributed by atoms with Crippen LogP contribution in [0.4, 0.5) is 0 Å². The minimum Gasteiger partial charge on any atom is -0.404 e. The lowest BCUT2D eigenvalue weighted by Crippen LogP contribution is -2.14. The third-order valence-electron chi connectivity index (χ3n) is 14.1. The van der Waals surface area contributed by atoms with Gasteiger partial charge in [0.1, 0.15) is 34.5 Å². The van der Waals surface area contributed by atoms with Crippen molar-refractivity contribution in [1.29, 1.82) is 0 Å². The Bertz CT molecular complexity index is 6390. The van der Waals surface area contributed by atoms with Crippen molar-refractivity contribution in [3.05, 3.63) is 180 Å². The molecule has 0 saturated heterocycles. The molecule has 0 aliphatic heterocycles. The summed E-state index contributed by atoms with van der Waals surface area (Å²) < 4.78 is 312. The van der Waals surface area contributed by atoms with E-state index >= 15 is 0 Å². The van der Waals surface area contributed by atoms with Gasteiger partial charge in [-0.2, -0.15) is 0 Å². The molecule has 6 aromatic heterocycles. The first-order valence-electron chi connectivity index (χ1n) is 46.8. The number of rotatable bonds is 30. The normalized spacial score (nSPS) is 19.0. The van der Waals surface area contributed by atoms with E-state index in [-0.39, 0.29) is 100 Å². The zero-order valence-electron chi connectivity index (χ0n) is 89.1. The number of hydrogen-bond donors (Lipinski definition) is 18. The smallest absolute Gasteiger partial charge is 0.404 e. The van der Waals surface area contributed by atoms with Crippen molar-refractivity contribution in [2.75, 3.05) is 123 Å². The predicted molar refractivity (Wildman–Crippen MR) is 439 cm³/mol. The average Bonchev–Trinajstić information content (AvgIpc) is 1.45. The summed E-state index contributed by atoms with van der Waals surface area (Å²) in [5.74, 6) is -1.04. The number of nitrogens with one attached hydrogen (secondary N) is 6. The summed E-state index contributed by atoms with van der Waals surface area (Å²) in [6.07, 6.45) is -2.81. The van der Waals surface area contributed by atoms with Crippen LogP contribution in [-0.2, 0) is 65.7 Å². The van der Waals surface area contributed by atoms with Gasteiger partial charge in [-0.1, -0.05) is 36.4 Å². The number of aromatic nitrogens is 6. The summed E-state index contributed by atoms with van der Waals surface area (Å²) in [6, 6.07) is 26.5. The van der Waals surface area contributed by atoms with Crippen LogP contribution in [0.1, 0.15) is 71.8 Å². The van der Waals surface area contributed by atoms with Gasteiger partial charge in [0.25, 0.3) is 0 Å². The molecule has 12 rings (SSSR count). The quantitative estimate of drug-likeness (QED) is 0.0186. The molecule has 18 N–H and O–H groups in total. The molecule has 8 atom stereocenters. The number of fused-ring (bicyclic) bond motifs is 6. The number of aromatic amines is 6. The van der Waals surface area contributed by atoms with Gasteiger partial charge >= 0.3 is 46.9 Å². The number of phosphoric ester groups is 6. The third-order valence-corrected chi connectivity index (χ3v) is 16.7. The Labute approximate surface area is 697 Å². The van der Waals surface area contributed by atoms with E-state index in [0.29, 0.717) is 42.9 Å². The van der Waals surface area contributed by atoms with E-state index in [1.165, 1.54) is 154 Å². The molecule has 0 spiro atoms. The number of hydrogen-bond acceptors (Lipinski definition) is 18. The monoisotopic (exact) mass is 1730 g/mol. The Balaban J connectivity index is 0.000000232. The number of H-pyrrole nitrogens is 6. The lowest BCUT2D eigenvalue weighted by Gasteiger charge is -2.11. The van der Waals surface area contributed by atoms with Crippen molar-refractivity contribution >= 4 is 112 Å². The molecule has 6 aromatic carbocycles. The fourth-order valence-electron chi connectivity index (χ4n) is 10.0. The molecular weight excluding hydrogens is 1600 g/mol. The average molecular weight is 1730 g/mol. The zero-order chi connectivity index (χ0) is 108. The number of benzene rings is 6. The van der Waals surface area contributed by atoms with Crippen molar-refractivity contribution in [1.82, 2.24) is 59.3 Å². The SMILES string of the molecule is [2H]C(N(C)C([2H])([2H])[2H])C([2H])([2H])c1c[nH]c2cccc(OP(=O)(O)O)c12.[2H]C(N(C)C([2H])([2H])[2H])C([2H])([2H])c1c[nH]c2cccc(OP(=O)(O)O)c12.[2H]C(N(C)C)C([2H])([2H])c1c[nH]c2cccc(OP(=O)(O)O)c12.[2H]C(c1c[nH]c2cccc(OP(=O)(O)O)c12)C([2H])([2H])N(C)C.[2H]C(c1c[nH]c2cccc(OP(=O)(O)O)c12)C([2H])N(C)C([2H])([2H])[2H].[2H]C(c1c[nH]c2cccc(OP(=O)(O)O)c12)C([2H])N(C)C([2H])([2H])[2H]. The van der Waals surface area contributed by atoms with Gasteiger partial charge < -0.3 is 86.4 Å². The highest BCUT2D eigenvalue weighted by atomic mass is 31.2. The highest BCUT2D eigenvalue weighted by Crippen LogP contribution is 2.47. The third kappa shape index (κ3) is 30.6. The largest absolute Gasteiger partial charge is 0.524 e. The molecule has 0 radical (unpaired) electrons. The Kier molecular flexibility index (Phi) is 21.6. The molecule has 0 aliphatic rings. The Morgan fingerprint density at radius 1 is 0.281 bits per heavy atom. The van der Waals surface area contributed by atoms with Gasteiger partial charge in [-0.3, -0.25) is 58.7 Å². The minimum atomic E-state index is -4.89. The minimum absolute atomic E-state index is 0.0343. The molecule has 624 valence electrons. The molecule has 12 aromatic rings. The first-order chi connectivity index (χ1) is 64.4. The van der Waals surface area contributed by atoms with Crippen molar-refractivity contribution < 1.29 is 152 Å². The van der Waals surface area contributed by atoms with E-state index in [4.69, 9.17) is 97.1 Å². The summed E-state index contributed by atoms with van der Waals surface area (Å²) >= 11 is 0. The van der Waals surface area contributed by atoms with Crippen LogP contribution in [0.5, 0.6) is 34.5 Å².